The summed E-state index contributed by atoms with van der Waals surface area (Å²) in [5.41, 5.74) is 3.26. The Balaban J connectivity index is 1.78. The summed E-state index contributed by atoms with van der Waals surface area (Å²) < 4.78 is 1.86. The van der Waals surface area contributed by atoms with Crippen LogP contribution in [0.4, 0.5) is 5.69 Å². The third kappa shape index (κ3) is 1.87. The van der Waals surface area contributed by atoms with Gasteiger partial charge in [0.2, 0.25) is 0 Å². The highest BCUT2D eigenvalue weighted by Gasteiger charge is 2.00. The zero-order chi connectivity index (χ0) is 11.7. The molecule has 0 spiro atoms. The molecule has 3 rings (SSSR count). The second kappa shape index (κ2) is 3.93. The minimum Gasteiger partial charge on any atom is -0.379 e. The highest BCUT2D eigenvalue weighted by molar-refractivity contribution is 5.81. The fourth-order valence-electron chi connectivity index (χ4n) is 1.81. The standard InChI is InChI=1S/C12H13N5/c1-17-11(4-5-15-17)8-13-10-3-2-9-7-14-16-12(9)6-10/h2-7,13H,8H2,1H3,(H,14,16). The van der Waals surface area contributed by atoms with Crippen molar-refractivity contribution in [2.24, 2.45) is 7.05 Å². The molecule has 2 heterocycles. The Labute approximate surface area is 98.5 Å². The van der Waals surface area contributed by atoms with Crippen molar-refractivity contribution in [3.8, 4) is 0 Å². The Bertz CT molecular complexity index is 637. The normalized spacial score (nSPS) is 10.9. The molecule has 5 nitrogen and oxygen atoms in total. The lowest BCUT2D eigenvalue weighted by Gasteiger charge is -2.06. The minimum atomic E-state index is 0.760. The number of anilines is 1. The molecule has 0 aliphatic rings. The molecule has 0 fully saturated rings. The predicted molar refractivity (Wildman–Crippen MR) is 66.6 cm³/mol. The molecule has 5 heteroatoms. The molecule has 2 aromatic heterocycles. The quantitative estimate of drug-likeness (QED) is 0.718. The fourth-order valence-corrected chi connectivity index (χ4v) is 1.81. The number of fused-ring (bicyclic) bond motifs is 1. The Morgan fingerprint density at radius 1 is 1.35 bits per heavy atom. The first-order valence-electron chi connectivity index (χ1n) is 5.47. The van der Waals surface area contributed by atoms with Crippen LogP contribution >= 0.6 is 0 Å². The Morgan fingerprint density at radius 2 is 2.29 bits per heavy atom. The molecule has 0 amide bonds. The van der Waals surface area contributed by atoms with Gasteiger partial charge in [-0.3, -0.25) is 9.78 Å². The zero-order valence-electron chi connectivity index (χ0n) is 9.51. The first-order valence-corrected chi connectivity index (χ1v) is 5.47. The largest absolute Gasteiger partial charge is 0.379 e. The van der Waals surface area contributed by atoms with Crippen LogP contribution in [0.5, 0.6) is 0 Å². The number of hydrogen-bond acceptors (Lipinski definition) is 3. The van der Waals surface area contributed by atoms with Crippen molar-refractivity contribution < 1.29 is 0 Å². The fraction of sp³-hybridized carbons (Fsp3) is 0.167. The van der Waals surface area contributed by atoms with Crippen LogP contribution in [0.1, 0.15) is 5.69 Å². The van der Waals surface area contributed by atoms with Gasteiger partial charge in [0.25, 0.3) is 0 Å². The molecule has 0 unspecified atom stereocenters. The zero-order valence-corrected chi connectivity index (χ0v) is 9.51. The van der Waals surface area contributed by atoms with E-state index in [2.05, 4.69) is 26.7 Å². The van der Waals surface area contributed by atoms with Gasteiger partial charge in [0.1, 0.15) is 0 Å². The van der Waals surface area contributed by atoms with Crippen LogP contribution in [0.15, 0.2) is 36.7 Å². The van der Waals surface area contributed by atoms with Crippen LogP contribution in [0, 0.1) is 0 Å². The molecule has 0 bridgehead atoms. The van der Waals surface area contributed by atoms with Crippen molar-refractivity contribution in [2.45, 2.75) is 6.54 Å². The van der Waals surface area contributed by atoms with E-state index in [1.54, 1.807) is 6.20 Å². The van der Waals surface area contributed by atoms with Gasteiger partial charge in [-0.2, -0.15) is 10.2 Å². The van der Waals surface area contributed by atoms with Crippen molar-refractivity contribution in [1.29, 1.82) is 0 Å². The number of aromatic amines is 1. The average molecular weight is 227 g/mol. The van der Waals surface area contributed by atoms with Gasteiger partial charge in [0.05, 0.1) is 24.0 Å². The van der Waals surface area contributed by atoms with E-state index < -0.39 is 0 Å². The maximum atomic E-state index is 4.13. The lowest BCUT2D eigenvalue weighted by Crippen LogP contribution is -2.05. The lowest BCUT2D eigenvalue weighted by atomic mass is 10.2. The average Bonchev–Trinajstić information content (AvgIpc) is 2.94. The Kier molecular flexibility index (Phi) is 2.29. The van der Waals surface area contributed by atoms with Gasteiger partial charge >= 0.3 is 0 Å². The second-order valence-electron chi connectivity index (χ2n) is 3.97. The van der Waals surface area contributed by atoms with Crippen LogP contribution in [0.3, 0.4) is 0 Å². The van der Waals surface area contributed by atoms with Gasteiger partial charge < -0.3 is 5.32 Å². The maximum absolute atomic E-state index is 4.13. The van der Waals surface area contributed by atoms with Gasteiger partial charge in [0.15, 0.2) is 0 Å². The van der Waals surface area contributed by atoms with Crippen LogP contribution in [0.2, 0.25) is 0 Å². The van der Waals surface area contributed by atoms with Crippen LogP contribution in [-0.4, -0.2) is 20.0 Å². The highest BCUT2D eigenvalue weighted by atomic mass is 15.3. The first kappa shape index (κ1) is 9.89. The van der Waals surface area contributed by atoms with Crippen molar-refractivity contribution in [2.75, 3.05) is 5.32 Å². The molecular formula is C12H13N5. The van der Waals surface area contributed by atoms with Crippen molar-refractivity contribution in [3.05, 3.63) is 42.4 Å². The smallest absolute Gasteiger partial charge is 0.0670 e. The van der Waals surface area contributed by atoms with Gasteiger partial charge in [-0.15, -0.1) is 0 Å². The van der Waals surface area contributed by atoms with Crippen molar-refractivity contribution in [1.82, 2.24) is 20.0 Å². The summed E-state index contributed by atoms with van der Waals surface area (Å²) in [5.74, 6) is 0. The monoisotopic (exact) mass is 227 g/mol. The number of nitrogens with zero attached hydrogens (tertiary/aromatic N) is 3. The van der Waals surface area contributed by atoms with Crippen molar-refractivity contribution >= 4 is 16.6 Å². The number of H-pyrrole nitrogens is 1. The van der Waals surface area contributed by atoms with Gasteiger partial charge in [-0.1, -0.05) is 0 Å². The topological polar surface area (TPSA) is 58.5 Å². The molecule has 0 aliphatic heterocycles. The van der Waals surface area contributed by atoms with Gasteiger partial charge in [-0.25, -0.2) is 0 Å². The predicted octanol–water partition coefficient (Wildman–Crippen LogP) is 1.91. The summed E-state index contributed by atoms with van der Waals surface area (Å²) in [4.78, 5) is 0. The van der Waals surface area contributed by atoms with E-state index >= 15 is 0 Å². The van der Waals surface area contributed by atoms with Crippen molar-refractivity contribution in [3.63, 3.8) is 0 Å². The molecule has 2 N–H and O–H groups in total. The third-order valence-corrected chi connectivity index (χ3v) is 2.84. The van der Waals surface area contributed by atoms with E-state index in [0.29, 0.717) is 0 Å². The SMILES string of the molecule is Cn1nccc1CNc1ccc2cn[nH]c2c1. The number of nitrogens with one attached hydrogen (secondary N) is 2. The molecule has 86 valence electrons. The number of benzene rings is 1. The summed E-state index contributed by atoms with van der Waals surface area (Å²) in [6.07, 6.45) is 3.62. The Hall–Kier alpha value is -2.30. The van der Waals surface area contributed by atoms with Gasteiger partial charge in [0, 0.05) is 24.3 Å². The van der Waals surface area contributed by atoms with Crippen LogP contribution in [-0.2, 0) is 13.6 Å². The molecule has 1 aromatic carbocycles. The number of rotatable bonds is 3. The summed E-state index contributed by atoms with van der Waals surface area (Å²) in [7, 11) is 1.94. The Morgan fingerprint density at radius 3 is 3.12 bits per heavy atom. The van der Waals surface area contributed by atoms with Gasteiger partial charge in [-0.05, 0) is 24.3 Å². The molecule has 3 aromatic rings. The highest BCUT2D eigenvalue weighted by Crippen LogP contribution is 2.17. The first-order chi connectivity index (χ1) is 8.33. The number of aromatic nitrogens is 4. The molecule has 17 heavy (non-hydrogen) atoms. The van der Waals surface area contributed by atoms with E-state index in [9.17, 15) is 0 Å². The lowest BCUT2D eigenvalue weighted by molar-refractivity contribution is 0.720. The van der Waals surface area contributed by atoms with Crippen LogP contribution < -0.4 is 5.32 Å². The molecule has 0 saturated carbocycles. The van der Waals surface area contributed by atoms with E-state index in [0.717, 1.165) is 28.8 Å². The molecule has 0 radical (unpaired) electrons. The summed E-state index contributed by atoms with van der Waals surface area (Å²) in [6, 6.07) is 8.15. The van der Waals surface area contributed by atoms with Crippen LogP contribution in [0.25, 0.3) is 10.9 Å². The molecule has 0 saturated heterocycles. The molecular weight excluding hydrogens is 214 g/mol. The summed E-state index contributed by atoms with van der Waals surface area (Å²) in [6.45, 7) is 0.760. The second-order valence-corrected chi connectivity index (χ2v) is 3.97. The summed E-state index contributed by atoms with van der Waals surface area (Å²) >= 11 is 0. The summed E-state index contributed by atoms with van der Waals surface area (Å²) in [5, 5.41) is 15.6. The van der Waals surface area contributed by atoms with E-state index in [1.807, 2.05) is 36.1 Å². The van der Waals surface area contributed by atoms with E-state index in [1.165, 1.54) is 0 Å². The van der Waals surface area contributed by atoms with E-state index in [4.69, 9.17) is 0 Å². The third-order valence-electron chi connectivity index (χ3n) is 2.84. The van der Waals surface area contributed by atoms with E-state index in [-0.39, 0.29) is 0 Å². The number of hydrogen-bond donors (Lipinski definition) is 2. The molecule has 0 aliphatic carbocycles. The number of aryl methyl sites for hydroxylation is 1. The molecule has 0 atom stereocenters. The maximum Gasteiger partial charge on any atom is 0.0670 e. The minimum absolute atomic E-state index is 0.760.